The van der Waals surface area contributed by atoms with Crippen molar-refractivity contribution in [1.82, 2.24) is 10.6 Å². The van der Waals surface area contributed by atoms with E-state index in [1.165, 1.54) is 6.92 Å². The molecule has 18 heavy (non-hydrogen) atoms. The predicted molar refractivity (Wildman–Crippen MR) is 65.5 cm³/mol. The molecule has 5 N–H and O–H groups in total. The highest BCUT2D eigenvalue weighted by molar-refractivity contribution is 7.89. The highest BCUT2D eigenvalue weighted by Gasteiger charge is 2.32. The number of rotatable bonds is 7. The summed E-state index contributed by atoms with van der Waals surface area (Å²) in [6, 6.07) is -0.656. The molecule has 0 saturated carbocycles. The van der Waals surface area contributed by atoms with Gasteiger partial charge in [-0.1, -0.05) is 6.92 Å². The van der Waals surface area contributed by atoms with Gasteiger partial charge in [-0.15, -0.1) is 0 Å². The third-order valence-corrected chi connectivity index (χ3v) is 3.32. The van der Waals surface area contributed by atoms with Gasteiger partial charge in [0.2, 0.25) is 10.0 Å². The lowest BCUT2D eigenvalue weighted by Gasteiger charge is -2.24. The fourth-order valence-corrected chi connectivity index (χ4v) is 1.61. The zero-order valence-electron chi connectivity index (χ0n) is 10.4. The second kappa shape index (κ2) is 6.55. The van der Waals surface area contributed by atoms with E-state index in [4.69, 9.17) is 10.2 Å². The number of hydrogen-bond acceptors (Lipinski definition) is 4. The van der Waals surface area contributed by atoms with E-state index >= 15 is 0 Å². The van der Waals surface area contributed by atoms with Gasteiger partial charge in [0, 0.05) is 6.54 Å². The topological polar surface area (TPSA) is 139 Å². The van der Waals surface area contributed by atoms with E-state index in [1.807, 2.05) is 0 Å². The first kappa shape index (κ1) is 16.6. The van der Waals surface area contributed by atoms with Crippen molar-refractivity contribution in [3.05, 3.63) is 0 Å². The SMILES string of the molecule is CCC(C)(NC(=O)NCCCS(N)(=O)=O)C(=O)O. The first-order valence-corrected chi connectivity index (χ1v) is 7.12. The molecule has 1 atom stereocenters. The van der Waals surface area contributed by atoms with Crippen LogP contribution in [0, 0.1) is 0 Å². The zero-order chi connectivity index (χ0) is 14.4. The number of carboxylic acid groups (broad SMARTS) is 1. The summed E-state index contributed by atoms with van der Waals surface area (Å²) in [7, 11) is -3.54. The molecule has 0 rings (SSSR count). The normalized spacial score (nSPS) is 14.6. The Kier molecular flexibility index (Phi) is 6.06. The number of nitrogens with two attached hydrogens (primary N) is 1. The van der Waals surface area contributed by atoms with Gasteiger partial charge in [-0.25, -0.2) is 23.1 Å². The van der Waals surface area contributed by atoms with E-state index < -0.39 is 27.6 Å². The number of carbonyl (C=O) groups excluding carboxylic acids is 1. The molecule has 0 aliphatic rings. The molecule has 0 aliphatic heterocycles. The van der Waals surface area contributed by atoms with E-state index in [0.29, 0.717) is 0 Å². The summed E-state index contributed by atoms with van der Waals surface area (Å²) in [5, 5.41) is 18.4. The molecule has 0 aromatic heterocycles. The molecule has 0 aromatic rings. The van der Waals surface area contributed by atoms with E-state index in [1.54, 1.807) is 6.92 Å². The molecule has 0 aromatic carbocycles. The maximum atomic E-state index is 11.4. The molecular formula is C9H19N3O5S. The van der Waals surface area contributed by atoms with Crippen LogP contribution in [0.15, 0.2) is 0 Å². The monoisotopic (exact) mass is 281 g/mol. The number of primary sulfonamides is 1. The third kappa shape index (κ3) is 6.40. The molecule has 0 heterocycles. The van der Waals surface area contributed by atoms with Crippen molar-refractivity contribution in [2.75, 3.05) is 12.3 Å². The number of amides is 2. The number of carboxylic acids is 1. The molecule has 0 spiro atoms. The molecule has 8 nitrogen and oxygen atoms in total. The summed E-state index contributed by atoms with van der Waals surface area (Å²) in [5.74, 6) is -1.37. The molecule has 1 unspecified atom stereocenters. The van der Waals surface area contributed by atoms with Crippen molar-refractivity contribution < 1.29 is 23.1 Å². The van der Waals surface area contributed by atoms with Gasteiger partial charge in [-0.3, -0.25) is 0 Å². The average molecular weight is 281 g/mol. The van der Waals surface area contributed by atoms with Crippen molar-refractivity contribution in [2.24, 2.45) is 5.14 Å². The number of aliphatic carboxylic acids is 1. The van der Waals surface area contributed by atoms with Crippen LogP contribution in [0.4, 0.5) is 4.79 Å². The highest BCUT2D eigenvalue weighted by atomic mass is 32.2. The minimum Gasteiger partial charge on any atom is -0.480 e. The van der Waals surface area contributed by atoms with Crippen molar-refractivity contribution >= 4 is 22.0 Å². The summed E-state index contributed by atoms with van der Waals surface area (Å²) < 4.78 is 21.2. The Morgan fingerprint density at radius 1 is 1.39 bits per heavy atom. The highest BCUT2D eigenvalue weighted by Crippen LogP contribution is 2.08. The number of urea groups is 1. The largest absolute Gasteiger partial charge is 0.480 e. The first-order valence-electron chi connectivity index (χ1n) is 5.40. The van der Waals surface area contributed by atoms with E-state index in [-0.39, 0.29) is 25.1 Å². The molecule has 0 fully saturated rings. The molecule has 106 valence electrons. The van der Waals surface area contributed by atoms with Crippen LogP contribution in [0.3, 0.4) is 0 Å². The van der Waals surface area contributed by atoms with Gasteiger partial charge in [-0.05, 0) is 19.8 Å². The molecular weight excluding hydrogens is 262 g/mol. The van der Waals surface area contributed by atoms with E-state index in [2.05, 4.69) is 10.6 Å². The second-order valence-electron chi connectivity index (χ2n) is 4.09. The van der Waals surface area contributed by atoms with Gasteiger partial charge in [0.15, 0.2) is 0 Å². The Morgan fingerprint density at radius 3 is 2.33 bits per heavy atom. The number of sulfonamides is 1. The van der Waals surface area contributed by atoms with Crippen molar-refractivity contribution in [2.45, 2.75) is 32.2 Å². The fraction of sp³-hybridized carbons (Fsp3) is 0.778. The Bertz CT molecular complexity index is 408. The fourth-order valence-electron chi connectivity index (χ4n) is 1.06. The minimum atomic E-state index is -3.54. The maximum Gasteiger partial charge on any atom is 0.329 e. The van der Waals surface area contributed by atoms with Gasteiger partial charge in [0.05, 0.1) is 5.75 Å². The summed E-state index contributed by atoms with van der Waals surface area (Å²) in [5.41, 5.74) is -1.34. The summed E-state index contributed by atoms with van der Waals surface area (Å²) >= 11 is 0. The zero-order valence-corrected chi connectivity index (χ0v) is 11.2. The van der Waals surface area contributed by atoms with Crippen LogP contribution in [0.2, 0.25) is 0 Å². The average Bonchev–Trinajstić information content (AvgIpc) is 2.22. The summed E-state index contributed by atoms with van der Waals surface area (Å²) in [4.78, 5) is 22.3. The van der Waals surface area contributed by atoms with Crippen LogP contribution < -0.4 is 15.8 Å². The second-order valence-corrected chi connectivity index (χ2v) is 5.83. The lowest BCUT2D eigenvalue weighted by atomic mass is 10.00. The molecule has 0 radical (unpaired) electrons. The number of carbonyl (C=O) groups is 2. The molecule has 0 saturated heterocycles. The van der Waals surface area contributed by atoms with Gasteiger partial charge in [0.25, 0.3) is 0 Å². The Hall–Kier alpha value is -1.35. The van der Waals surface area contributed by atoms with Gasteiger partial charge in [0.1, 0.15) is 5.54 Å². The lowest BCUT2D eigenvalue weighted by Crippen LogP contribution is -2.55. The Labute approximate surface area is 106 Å². The van der Waals surface area contributed by atoms with Crippen LogP contribution >= 0.6 is 0 Å². The molecule has 0 aliphatic carbocycles. The Morgan fingerprint density at radius 2 is 1.94 bits per heavy atom. The van der Waals surface area contributed by atoms with Crippen LogP contribution in [0.25, 0.3) is 0 Å². The smallest absolute Gasteiger partial charge is 0.329 e. The van der Waals surface area contributed by atoms with Gasteiger partial charge in [-0.2, -0.15) is 0 Å². The van der Waals surface area contributed by atoms with Crippen molar-refractivity contribution in [1.29, 1.82) is 0 Å². The van der Waals surface area contributed by atoms with E-state index in [9.17, 15) is 18.0 Å². The molecule has 9 heteroatoms. The first-order chi connectivity index (χ1) is 8.10. The number of nitrogens with one attached hydrogen (secondary N) is 2. The molecule has 0 bridgehead atoms. The lowest BCUT2D eigenvalue weighted by molar-refractivity contribution is -0.143. The van der Waals surface area contributed by atoms with Crippen LogP contribution in [0.1, 0.15) is 26.7 Å². The van der Waals surface area contributed by atoms with Crippen LogP contribution in [-0.4, -0.2) is 43.4 Å². The predicted octanol–water partition coefficient (Wildman–Crippen LogP) is -0.782. The van der Waals surface area contributed by atoms with Crippen molar-refractivity contribution in [3.63, 3.8) is 0 Å². The summed E-state index contributed by atoms with van der Waals surface area (Å²) in [6.45, 7) is 3.12. The number of hydrogen-bond donors (Lipinski definition) is 4. The standard InChI is InChI=1S/C9H19N3O5S/c1-3-9(2,7(13)14)12-8(15)11-5-4-6-18(10,16)17/h3-6H2,1-2H3,(H,13,14)(H2,10,16,17)(H2,11,12,15). The summed E-state index contributed by atoms with van der Waals surface area (Å²) in [6.07, 6.45) is 0.398. The maximum absolute atomic E-state index is 11.4. The molecule has 2 amide bonds. The van der Waals surface area contributed by atoms with E-state index in [0.717, 1.165) is 0 Å². The van der Waals surface area contributed by atoms with Crippen LogP contribution in [0.5, 0.6) is 0 Å². The minimum absolute atomic E-state index is 0.0989. The van der Waals surface area contributed by atoms with Crippen molar-refractivity contribution in [3.8, 4) is 0 Å². The van der Waals surface area contributed by atoms with Gasteiger partial charge >= 0.3 is 12.0 Å². The third-order valence-electron chi connectivity index (χ3n) is 2.46. The quantitative estimate of drug-likeness (QED) is 0.453. The van der Waals surface area contributed by atoms with Gasteiger partial charge < -0.3 is 15.7 Å². The Balaban J connectivity index is 4.09. The van der Waals surface area contributed by atoms with Crippen LogP contribution in [-0.2, 0) is 14.8 Å².